The third-order valence-electron chi connectivity index (χ3n) is 2.97. The molecule has 2 rings (SSSR count). The third-order valence-corrected chi connectivity index (χ3v) is 3.22. The Labute approximate surface area is 107 Å². The molecular weight excluding hydrogens is 232 g/mol. The third kappa shape index (κ3) is 3.34. The van der Waals surface area contributed by atoms with Crippen LogP contribution in [0, 0.1) is 0 Å². The van der Waals surface area contributed by atoms with Gasteiger partial charge in [-0.25, -0.2) is 4.98 Å². The fourth-order valence-electron chi connectivity index (χ4n) is 2.10. The first-order valence-electron chi connectivity index (χ1n) is 6.00. The van der Waals surface area contributed by atoms with Crippen LogP contribution < -0.4 is 0 Å². The molecule has 2 nitrogen and oxygen atoms in total. The van der Waals surface area contributed by atoms with Crippen LogP contribution in [0.3, 0.4) is 0 Å². The van der Waals surface area contributed by atoms with Crippen molar-refractivity contribution in [1.82, 2.24) is 9.55 Å². The summed E-state index contributed by atoms with van der Waals surface area (Å²) >= 11 is 5.92. The lowest BCUT2D eigenvalue weighted by atomic mass is 9.94. The normalized spacial score (nSPS) is 12.6. The average molecular weight is 249 g/mol. The Hall–Kier alpha value is -1.28. The van der Waals surface area contributed by atoms with Gasteiger partial charge in [-0.1, -0.05) is 37.1 Å². The van der Waals surface area contributed by atoms with E-state index in [-0.39, 0.29) is 0 Å². The van der Waals surface area contributed by atoms with Crippen molar-refractivity contribution < 1.29 is 0 Å². The van der Waals surface area contributed by atoms with Gasteiger partial charge < -0.3 is 4.57 Å². The molecule has 2 aromatic rings. The summed E-state index contributed by atoms with van der Waals surface area (Å²) in [6, 6.07) is 8.18. The van der Waals surface area contributed by atoms with Crippen LogP contribution >= 0.6 is 11.6 Å². The monoisotopic (exact) mass is 248 g/mol. The molecule has 1 heterocycles. The molecule has 1 atom stereocenters. The number of halogens is 1. The fourth-order valence-corrected chi connectivity index (χ4v) is 2.22. The maximum atomic E-state index is 5.92. The first-order valence-corrected chi connectivity index (χ1v) is 6.38. The second kappa shape index (κ2) is 5.87. The van der Waals surface area contributed by atoms with E-state index in [1.807, 2.05) is 30.9 Å². The molecule has 0 spiro atoms. The predicted molar refractivity (Wildman–Crippen MR) is 71.3 cm³/mol. The summed E-state index contributed by atoms with van der Waals surface area (Å²) < 4.78 is 2.13. The van der Waals surface area contributed by atoms with E-state index in [2.05, 4.69) is 28.6 Å². The summed E-state index contributed by atoms with van der Waals surface area (Å²) in [5.74, 6) is 0.534. The zero-order chi connectivity index (χ0) is 12.1. The Bertz CT molecular complexity index is 434. The van der Waals surface area contributed by atoms with Crippen LogP contribution in [0.5, 0.6) is 0 Å². The van der Waals surface area contributed by atoms with Crippen molar-refractivity contribution in [2.24, 2.45) is 0 Å². The molecule has 1 unspecified atom stereocenters. The molecule has 3 heteroatoms. The minimum absolute atomic E-state index is 0.534. The molecular formula is C14H17ClN2. The van der Waals surface area contributed by atoms with Gasteiger partial charge in [0.1, 0.15) is 0 Å². The second-order valence-corrected chi connectivity index (χ2v) is 4.73. The molecule has 1 aromatic carbocycles. The lowest BCUT2D eigenvalue weighted by molar-refractivity contribution is 0.519. The average Bonchev–Trinajstić information content (AvgIpc) is 2.82. The van der Waals surface area contributed by atoms with E-state index in [1.54, 1.807) is 0 Å². The maximum absolute atomic E-state index is 5.92. The molecule has 90 valence electrons. The summed E-state index contributed by atoms with van der Waals surface area (Å²) in [6.45, 7) is 3.20. The van der Waals surface area contributed by atoms with Crippen molar-refractivity contribution in [3.8, 4) is 0 Å². The van der Waals surface area contributed by atoms with Gasteiger partial charge in [0.2, 0.25) is 0 Å². The summed E-state index contributed by atoms with van der Waals surface area (Å²) in [4.78, 5) is 4.08. The summed E-state index contributed by atoms with van der Waals surface area (Å²) in [6.07, 6.45) is 8.07. The number of rotatable bonds is 5. The smallest absolute Gasteiger partial charge is 0.0946 e. The summed E-state index contributed by atoms with van der Waals surface area (Å²) in [7, 11) is 0. The first-order chi connectivity index (χ1) is 8.29. The van der Waals surface area contributed by atoms with Gasteiger partial charge in [-0.2, -0.15) is 0 Å². The number of hydrogen-bond acceptors (Lipinski definition) is 1. The standard InChI is InChI=1S/C14H17ClN2/c1-2-3-13(10-17-9-8-16-11-17)12-4-6-14(15)7-5-12/h4-9,11,13H,2-3,10H2,1H3. The molecule has 17 heavy (non-hydrogen) atoms. The SMILES string of the molecule is CCCC(Cn1ccnc1)c1ccc(Cl)cc1. The number of benzene rings is 1. The largest absolute Gasteiger partial charge is 0.337 e. The Morgan fingerprint density at radius 3 is 2.65 bits per heavy atom. The van der Waals surface area contributed by atoms with Crippen LogP contribution in [0.25, 0.3) is 0 Å². The maximum Gasteiger partial charge on any atom is 0.0946 e. The molecule has 0 aliphatic carbocycles. The molecule has 1 aromatic heterocycles. The Morgan fingerprint density at radius 2 is 2.06 bits per heavy atom. The van der Waals surface area contributed by atoms with Gasteiger partial charge in [0.05, 0.1) is 6.33 Å². The lowest BCUT2D eigenvalue weighted by Gasteiger charge is -2.17. The van der Waals surface area contributed by atoms with Crippen LogP contribution in [0.4, 0.5) is 0 Å². The molecule has 0 saturated heterocycles. The van der Waals surface area contributed by atoms with Gasteiger partial charge in [-0.15, -0.1) is 0 Å². The quantitative estimate of drug-likeness (QED) is 0.778. The molecule has 0 N–H and O–H groups in total. The molecule has 0 aliphatic heterocycles. The first kappa shape index (κ1) is 12.2. The van der Waals surface area contributed by atoms with E-state index in [1.165, 1.54) is 18.4 Å². The predicted octanol–water partition coefficient (Wildman–Crippen LogP) is 4.12. The second-order valence-electron chi connectivity index (χ2n) is 4.30. The van der Waals surface area contributed by atoms with Crippen LogP contribution in [0.1, 0.15) is 31.2 Å². The van der Waals surface area contributed by atoms with Crippen molar-refractivity contribution >= 4 is 11.6 Å². The molecule has 0 aliphatic rings. The highest BCUT2D eigenvalue weighted by Gasteiger charge is 2.11. The highest BCUT2D eigenvalue weighted by Crippen LogP contribution is 2.24. The van der Waals surface area contributed by atoms with E-state index in [0.717, 1.165) is 11.6 Å². The molecule has 0 fully saturated rings. The van der Waals surface area contributed by atoms with E-state index in [0.29, 0.717) is 5.92 Å². The molecule has 0 radical (unpaired) electrons. The highest BCUT2D eigenvalue weighted by molar-refractivity contribution is 6.30. The lowest BCUT2D eigenvalue weighted by Crippen LogP contribution is -2.07. The minimum atomic E-state index is 0.534. The number of hydrogen-bond donors (Lipinski definition) is 0. The van der Waals surface area contributed by atoms with E-state index in [9.17, 15) is 0 Å². The van der Waals surface area contributed by atoms with E-state index in [4.69, 9.17) is 11.6 Å². The van der Waals surface area contributed by atoms with Gasteiger partial charge in [0.25, 0.3) is 0 Å². The van der Waals surface area contributed by atoms with Crippen molar-refractivity contribution in [3.63, 3.8) is 0 Å². The van der Waals surface area contributed by atoms with Gasteiger partial charge in [0, 0.05) is 29.9 Å². The number of nitrogens with zero attached hydrogens (tertiary/aromatic N) is 2. The summed E-state index contributed by atoms with van der Waals surface area (Å²) in [5, 5.41) is 0.798. The number of imidazole rings is 1. The van der Waals surface area contributed by atoms with Crippen LogP contribution in [0.15, 0.2) is 43.0 Å². The Balaban J connectivity index is 2.13. The molecule has 0 saturated carbocycles. The Kier molecular flexibility index (Phi) is 4.21. The fraction of sp³-hybridized carbons (Fsp3) is 0.357. The van der Waals surface area contributed by atoms with Crippen LogP contribution in [-0.4, -0.2) is 9.55 Å². The minimum Gasteiger partial charge on any atom is -0.337 e. The van der Waals surface area contributed by atoms with E-state index < -0.39 is 0 Å². The van der Waals surface area contributed by atoms with Crippen molar-refractivity contribution in [2.45, 2.75) is 32.2 Å². The van der Waals surface area contributed by atoms with Gasteiger partial charge >= 0.3 is 0 Å². The number of aromatic nitrogens is 2. The van der Waals surface area contributed by atoms with Gasteiger partial charge in [0.15, 0.2) is 0 Å². The van der Waals surface area contributed by atoms with Crippen molar-refractivity contribution in [1.29, 1.82) is 0 Å². The van der Waals surface area contributed by atoms with Crippen LogP contribution in [0.2, 0.25) is 5.02 Å². The van der Waals surface area contributed by atoms with Gasteiger partial charge in [-0.05, 0) is 24.1 Å². The zero-order valence-electron chi connectivity index (χ0n) is 10.0. The van der Waals surface area contributed by atoms with E-state index >= 15 is 0 Å². The Morgan fingerprint density at radius 1 is 1.29 bits per heavy atom. The van der Waals surface area contributed by atoms with Gasteiger partial charge in [-0.3, -0.25) is 0 Å². The molecule has 0 bridgehead atoms. The van der Waals surface area contributed by atoms with Crippen molar-refractivity contribution in [2.75, 3.05) is 0 Å². The zero-order valence-corrected chi connectivity index (χ0v) is 10.8. The topological polar surface area (TPSA) is 17.8 Å². The van der Waals surface area contributed by atoms with Crippen molar-refractivity contribution in [3.05, 3.63) is 53.6 Å². The molecule has 0 amide bonds. The highest BCUT2D eigenvalue weighted by atomic mass is 35.5. The van der Waals surface area contributed by atoms with Crippen LogP contribution in [-0.2, 0) is 6.54 Å². The summed E-state index contributed by atoms with van der Waals surface area (Å²) in [5.41, 5.74) is 1.35.